The molecule has 0 radical (unpaired) electrons. The van der Waals surface area contributed by atoms with Gasteiger partial charge in [0.15, 0.2) is 0 Å². The van der Waals surface area contributed by atoms with Gasteiger partial charge in [-0.1, -0.05) is 12.1 Å². The third kappa shape index (κ3) is 3.98. The van der Waals surface area contributed by atoms with E-state index >= 15 is 0 Å². The second kappa shape index (κ2) is 8.28. The van der Waals surface area contributed by atoms with Crippen molar-refractivity contribution in [2.45, 2.75) is 25.3 Å². The minimum absolute atomic E-state index is 0.133. The first-order valence-electron chi connectivity index (χ1n) is 9.52. The number of hydrogen-bond donors (Lipinski definition) is 1. The summed E-state index contributed by atoms with van der Waals surface area (Å²) in [6.07, 6.45) is 1.72. The summed E-state index contributed by atoms with van der Waals surface area (Å²) >= 11 is 0. The Labute approximate surface area is 172 Å². The van der Waals surface area contributed by atoms with E-state index in [2.05, 4.69) is 15.1 Å². The van der Waals surface area contributed by atoms with Gasteiger partial charge in [0.1, 0.15) is 11.8 Å². The second-order valence-electron chi connectivity index (χ2n) is 6.91. The van der Waals surface area contributed by atoms with Crippen LogP contribution in [0.2, 0.25) is 0 Å². The van der Waals surface area contributed by atoms with Crippen LogP contribution >= 0.6 is 0 Å². The molecule has 1 amide bonds. The Hall–Kier alpha value is -3.81. The summed E-state index contributed by atoms with van der Waals surface area (Å²) in [5.74, 6) is -0.659. The van der Waals surface area contributed by atoms with Crippen molar-refractivity contribution in [2.75, 3.05) is 7.11 Å². The van der Waals surface area contributed by atoms with Crippen molar-refractivity contribution in [1.29, 1.82) is 0 Å². The fourth-order valence-corrected chi connectivity index (χ4v) is 3.39. The van der Waals surface area contributed by atoms with Gasteiger partial charge in [-0.3, -0.25) is 14.6 Å². The summed E-state index contributed by atoms with van der Waals surface area (Å²) in [6, 6.07) is 14.5. The number of amides is 1. The molecule has 0 saturated carbocycles. The fraction of sp³-hybridized carbons (Fsp3) is 0.227. The third-order valence-electron chi connectivity index (χ3n) is 4.95. The Balaban J connectivity index is 1.67. The largest absolute Gasteiger partial charge is 0.497 e. The molecule has 1 N–H and O–H groups in total. The predicted octanol–water partition coefficient (Wildman–Crippen LogP) is 3.18. The highest BCUT2D eigenvalue weighted by molar-refractivity contribution is 6.03. The van der Waals surface area contributed by atoms with E-state index in [4.69, 9.17) is 9.84 Å². The van der Waals surface area contributed by atoms with Gasteiger partial charge in [0.25, 0.3) is 0 Å². The molecule has 0 unspecified atom stereocenters. The molecule has 8 nitrogen and oxygen atoms in total. The number of carboxylic acid groups (broad SMARTS) is 1. The van der Waals surface area contributed by atoms with Crippen LogP contribution in [-0.4, -0.2) is 44.8 Å². The second-order valence-corrected chi connectivity index (χ2v) is 6.91. The Morgan fingerprint density at radius 3 is 2.53 bits per heavy atom. The van der Waals surface area contributed by atoms with E-state index in [1.165, 1.54) is 5.01 Å². The van der Waals surface area contributed by atoms with Gasteiger partial charge >= 0.3 is 5.97 Å². The molecule has 0 aliphatic carbocycles. The van der Waals surface area contributed by atoms with Gasteiger partial charge in [0, 0.05) is 12.8 Å². The van der Waals surface area contributed by atoms with Crippen molar-refractivity contribution in [3.8, 4) is 5.75 Å². The van der Waals surface area contributed by atoms with Gasteiger partial charge in [-0.2, -0.15) is 5.10 Å². The van der Waals surface area contributed by atoms with Gasteiger partial charge in [-0.05, 0) is 42.0 Å². The van der Waals surface area contributed by atoms with Gasteiger partial charge in [0.05, 0.1) is 42.2 Å². The average molecular weight is 404 g/mol. The molecule has 2 heterocycles. The summed E-state index contributed by atoms with van der Waals surface area (Å²) in [5, 5.41) is 14.8. The SMILES string of the molecule is COc1ccc(C2=NN(C(=O)CCC(=O)O)[C@@H](c3cnc4ccccc4n3)C2)cc1. The number of para-hydroxylation sites is 2. The zero-order valence-corrected chi connectivity index (χ0v) is 16.4. The Morgan fingerprint density at radius 1 is 1.10 bits per heavy atom. The van der Waals surface area contributed by atoms with Crippen molar-refractivity contribution < 1.29 is 19.4 Å². The molecule has 3 aromatic rings. The summed E-state index contributed by atoms with van der Waals surface area (Å²) in [4.78, 5) is 32.8. The van der Waals surface area contributed by atoms with Crippen molar-refractivity contribution in [2.24, 2.45) is 5.10 Å². The van der Waals surface area contributed by atoms with Crippen molar-refractivity contribution in [1.82, 2.24) is 15.0 Å². The number of methoxy groups -OCH3 is 1. The van der Waals surface area contributed by atoms with Crippen LogP contribution in [0.1, 0.15) is 36.6 Å². The van der Waals surface area contributed by atoms with E-state index in [1.807, 2.05) is 48.5 Å². The fourth-order valence-electron chi connectivity index (χ4n) is 3.39. The van der Waals surface area contributed by atoms with Crippen LogP contribution < -0.4 is 4.74 Å². The normalized spacial score (nSPS) is 15.8. The molecule has 1 aliphatic heterocycles. The van der Waals surface area contributed by atoms with Crippen LogP contribution in [0.25, 0.3) is 11.0 Å². The van der Waals surface area contributed by atoms with E-state index in [0.717, 1.165) is 28.1 Å². The number of carbonyl (C=O) groups is 2. The van der Waals surface area contributed by atoms with Crippen LogP contribution in [0.4, 0.5) is 0 Å². The highest BCUT2D eigenvalue weighted by atomic mass is 16.5. The van der Waals surface area contributed by atoms with Gasteiger partial charge < -0.3 is 9.84 Å². The number of benzene rings is 2. The van der Waals surface area contributed by atoms with Crippen molar-refractivity contribution in [3.05, 3.63) is 66.0 Å². The molecule has 1 aromatic heterocycles. The first kappa shape index (κ1) is 19.5. The van der Waals surface area contributed by atoms with Crippen LogP contribution in [-0.2, 0) is 9.59 Å². The lowest BCUT2D eigenvalue weighted by Crippen LogP contribution is -2.28. The van der Waals surface area contributed by atoms with Crippen LogP contribution in [0.5, 0.6) is 5.75 Å². The molecule has 0 saturated heterocycles. The number of carboxylic acids is 1. The lowest BCUT2D eigenvalue weighted by atomic mass is 10.0. The van der Waals surface area contributed by atoms with E-state index < -0.39 is 12.0 Å². The Kier molecular flexibility index (Phi) is 5.38. The molecular weight excluding hydrogens is 384 g/mol. The molecule has 30 heavy (non-hydrogen) atoms. The molecule has 8 heteroatoms. The summed E-state index contributed by atoms with van der Waals surface area (Å²) in [7, 11) is 1.60. The number of aliphatic carboxylic acids is 1. The van der Waals surface area contributed by atoms with E-state index in [9.17, 15) is 9.59 Å². The van der Waals surface area contributed by atoms with Crippen molar-refractivity contribution in [3.63, 3.8) is 0 Å². The number of carbonyl (C=O) groups excluding carboxylic acids is 1. The Morgan fingerprint density at radius 2 is 1.83 bits per heavy atom. The number of ether oxygens (including phenoxy) is 1. The molecule has 152 valence electrons. The molecule has 0 fully saturated rings. The number of rotatable bonds is 6. The van der Waals surface area contributed by atoms with E-state index in [0.29, 0.717) is 12.1 Å². The van der Waals surface area contributed by atoms with Gasteiger partial charge in [-0.25, -0.2) is 9.99 Å². The maximum absolute atomic E-state index is 12.8. The number of nitrogens with zero attached hydrogens (tertiary/aromatic N) is 4. The first-order chi connectivity index (χ1) is 14.5. The molecule has 4 rings (SSSR count). The molecule has 0 spiro atoms. The lowest BCUT2D eigenvalue weighted by Gasteiger charge is -2.21. The number of fused-ring (bicyclic) bond motifs is 1. The zero-order chi connectivity index (χ0) is 21.1. The van der Waals surface area contributed by atoms with Crippen LogP contribution in [0.15, 0.2) is 59.8 Å². The number of hydrazone groups is 1. The third-order valence-corrected chi connectivity index (χ3v) is 4.95. The van der Waals surface area contributed by atoms with E-state index in [1.54, 1.807) is 13.3 Å². The van der Waals surface area contributed by atoms with E-state index in [-0.39, 0.29) is 18.7 Å². The van der Waals surface area contributed by atoms with Gasteiger partial charge in [0.2, 0.25) is 5.91 Å². The van der Waals surface area contributed by atoms with Crippen LogP contribution in [0.3, 0.4) is 0 Å². The average Bonchev–Trinajstić information content (AvgIpc) is 3.23. The lowest BCUT2D eigenvalue weighted by molar-refractivity contribution is -0.141. The standard InChI is InChI=1S/C22H20N4O4/c1-30-15-8-6-14(7-9-15)18-12-20(26(25-18)21(27)10-11-22(28)29)19-13-23-16-4-2-3-5-17(16)24-19/h2-9,13,20H,10-12H2,1H3,(H,28,29)/t20-/m1/s1. The minimum atomic E-state index is -1.02. The summed E-state index contributed by atoms with van der Waals surface area (Å²) < 4.78 is 5.20. The minimum Gasteiger partial charge on any atom is -0.497 e. The first-order valence-corrected chi connectivity index (χ1v) is 9.52. The number of aromatic nitrogens is 2. The smallest absolute Gasteiger partial charge is 0.303 e. The molecular formula is C22H20N4O4. The van der Waals surface area contributed by atoms with Crippen molar-refractivity contribution >= 4 is 28.6 Å². The predicted molar refractivity (Wildman–Crippen MR) is 110 cm³/mol. The molecule has 1 atom stereocenters. The highest BCUT2D eigenvalue weighted by Gasteiger charge is 2.34. The topological polar surface area (TPSA) is 105 Å². The van der Waals surface area contributed by atoms with Crippen LogP contribution in [0, 0.1) is 0 Å². The number of hydrogen-bond acceptors (Lipinski definition) is 6. The Bertz CT molecular complexity index is 1130. The molecule has 2 aromatic carbocycles. The molecule has 1 aliphatic rings. The summed E-state index contributed by atoms with van der Waals surface area (Å²) in [5.41, 5.74) is 3.69. The van der Waals surface area contributed by atoms with Gasteiger partial charge in [-0.15, -0.1) is 0 Å². The maximum atomic E-state index is 12.8. The quantitative estimate of drug-likeness (QED) is 0.677. The monoisotopic (exact) mass is 404 g/mol. The highest BCUT2D eigenvalue weighted by Crippen LogP contribution is 2.33. The maximum Gasteiger partial charge on any atom is 0.303 e. The summed E-state index contributed by atoms with van der Waals surface area (Å²) in [6.45, 7) is 0. The molecule has 0 bridgehead atoms. The zero-order valence-electron chi connectivity index (χ0n) is 16.4.